The summed E-state index contributed by atoms with van der Waals surface area (Å²) >= 11 is 0. The van der Waals surface area contributed by atoms with Gasteiger partial charge in [0.15, 0.2) is 0 Å². The van der Waals surface area contributed by atoms with Gasteiger partial charge in [-0.25, -0.2) is 8.42 Å². The summed E-state index contributed by atoms with van der Waals surface area (Å²) in [6.07, 6.45) is -3.54. The molecule has 0 aliphatic heterocycles. The molecule has 0 bridgehead atoms. The van der Waals surface area contributed by atoms with Crippen molar-refractivity contribution in [1.29, 1.82) is 0 Å². The van der Waals surface area contributed by atoms with Crippen LogP contribution >= 0.6 is 0 Å². The lowest BCUT2D eigenvalue weighted by Gasteiger charge is -2.21. The van der Waals surface area contributed by atoms with Crippen LogP contribution in [0, 0.1) is 5.92 Å². The van der Waals surface area contributed by atoms with Crippen LogP contribution in [0.1, 0.15) is 19.4 Å². The Morgan fingerprint density at radius 3 is 2.39 bits per heavy atom. The molecule has 0 spiro atoms. The molecular formula is C14H19F3N2O3S. The van der Waals surface area contributed by atoms with Gasteiger partial charge in [-0.05, 0) is 24.1 Å². The number of anilines is 1. The van der Waals surface area contributed by atoms with Gasteiger partial charge in [-0.2, -0.15) is 17.5 Å². The number of nitrogens with zero attached hydrogens (tertiary/aromatic N) is 1. The number of hydrogen-bond acceptors (Lipinski definition) is 3. The lowest BCUT2D eigenvalue weighted by molar-refractivity contribution is -0.137. The Bertz CT molecular complexity index is 657. The fourth-order valence-corrected chi connectivity index (χ4v) is 2.78. The zero-order valence-electron chi connectivity index (χ0n) is 13.0. The zero-order valence-corrected chi connectivity index (χ0v) is 13.8. The molecule has 0 saturated carbocycles. The first-order valence-electron chi connectivity index (χ1n) is 6.82. The summed E-state index contributed by atoms with van der Waals surface area (Å²) in [5.74, 6) is -0.693. The summed E-state index contributed by atoms with van der Waals surface area (Å²) in [6, 6.07) is 4.16. The third kappa shape index (κ3) is 6.57. The Kier molecular flexibility index (Phi) is 6.18. The van der Waals surface area contributed by atoms with Crippen LogP contribution in [0.5, 0.6) is 0 Å². The van der Waals surface area contributed by atoms with E-state index in [4.69, 9.17) is 0 Å². The number of sulfonamides is 1. The maximum absolute atomic E-state index is 12.6. The Balaban J connectivity index is 2.83. The van der Waals surface area contributed by atoms with Crippen LogP contribution in [0.2, 0.25) is 0 Å². The van der Waals surface area contributed by atoms with E-state index in [1.165, 1.54) is 12.1 Å². The number of carbonyl (C=O) groups excluding carboxylic acids is 1. The number of amides is 1. The van der Waals surface area contributed by atoms with Crippen molar-refractivity contribution in [2.45, 2.75) is 20.0 Å². The fraction of sp³-hybridized carbons (Fsp3) is 0.500. The third-order valence-corrected chi connectivity index (χ3v) is 4.05. The first-order valence-corrected chi connectivity index (χ1v) is 8.66. The lowest BCUT2D eigenvalue weighted by atomic mass is 10.2. The molecule has 0 fully saturated rings. The summed E-state index contributed by atoms with van der Waals surface area (Å²) in [4.78, 5) is 11.9. The lowest BCUT2D eigenvalue weighted by Crippen LogP contribution is -2.39. The molecule has 0 saturated heterocycles. The number of nitrogens with one attached hydrogen (secondary N) is 1. The topological polar surface area (TPSA) is 66.5 Å². The van der Waals surface area contributed by atoms with Gasteiger partial charge in [0.25, 0.3) is 0 Å². The van der Waals surface area contributed by atoms with Gasteiger partial charge in [-0.1, -0.05) is 19.9 Å². The van der Waals surface area contributed by atoms with Crippen molar-refractivity contribution in [2.24, 2.45) is 5.92 Å². The van der Waals surface area contributed by atoms with Crippen LogP contribution in [0.4, 0.5) is 18.9 Å². The van der Waals surface area contributed by atoms with E-state index in [1.807, 2.05) is 0 Å². The van der Waals surface area contributed by atoms with Crippen LogP contribution in [-0.4, -0.2) is 38.0 Å². The highest BCUT2D eigenvalue weighted by Gasteiger charge is 2.30. The normalized spacial score (nSPS) is 12.7. The van der Waals surface area contributed by atoms with Gasteiger partial charge < -0.3 is 5.32 Å². The SMILES string of the molecule is CC(C)CN(CC(=O)Nc1cccc(C(F)(F)F)c1)S(C)(=O)=O. The van der Waals surface area contributed by atoms with E-state index < -0.39 is 34.2 Å². The van der Waals surface area contributed by atoms with Crippen molar-refractivity contribution in [2.75, 3.05) is 24.7 Å². The highest BCUT2D eigenvalue weighted by Crippen LogP contribution is 2.30. The van der Waals surface area contributed by atoms with Gasteiger partial charge in [0.1, 0.15) is 0 Å². The van der Waals surface area contributed by atoms with Crippen LogP contribution in [0.15, 0.2) is 24.3 Å². The molecule has 0 unspecified atom stereocenters. The minimum atomic E-state index is -4.52. The number of rotatable bonds is 6. The van der Waals surface area contributed by atoms with E-state index in [9.17, 15) is 26.4 Å². The summed E-state index contributed by atoms with van der Waals surface area (Å²) in [6.45, 7) is 3.29. The quantitative estimate of drug-likeness (QED) is 0.856. The maximum Gasteiger partial charge on any atom is 0.416 e. The Morgan fingerprint density at radius 2 is 1.91 bits per heavy atom. The maximum atomic E-state index is 12.6. The monoisotopic (exact) mass is 352 g/mol. The van der Waals surface area contributed by atoms with Crippen molar-refractivity contribution >= 4 is 21.6 Å². The van der Waals surface area contributed by atoms with Gasteiger partial charge >= 0.3 is 6.18 Å². The Hall–Kier alpha value is -1.61. The third-order valence-electron chi connectivity index (χ3n) is 2.83. The molecule has 1 rings (SSSR count). The highest BCUT2D eigenvalue weighted by molar-refractivity contribution is 7.88. The van der Waals surface area contributed by atoms with Crippen molar-refractivity contribution in [1.82, 2.24) is 4.31 Å². The fourth-order valence-electron chi connectivity index (χ4n) is 1.86. The van der Waals surface area contributed by atoms with E-state index in [-0.39, 0.29) is 18.2 Å². The predicted octanol–water partition coefficient (Wildman–Crippen LogP) is 2.56. The van der Waals surface area contributed by atoms with E-state index in [0.717, 1.165) is 22.7 Å². The predicted molar refractivity (Wildman–Crippen MR) is 81.3 cm³/mol. The molecule has 5 nitrogen and oxygen atoms in total. The number of alkyl halides is 3. The van der Waals surface area contributed by atoms with Gasteiger partial charge in [0.2, 0.25) is 15.9 Å². The Labute approximate surface area is 133 Å². The number of benzene rings is 1. The molecule has 0 aliphatic rings. The molecule has 23 heavy (non-hydrogen) atoms. The molecule has 1 N–H and O–H groups in total. The van der Waals surface area contributed by atoms with Gasteiger partial charge in [-0.15, -0.1) is 0 Å². The van der Waals surface area contributed by atoms with Crippen molar-refractivity contribution in [3.8, 4) is 0 Å². The minimum absolute atomic E-state index is 0.00563. The summed E-state index contributed by atoms with van der Waals surface area (Å²) in [7, 11) is -3.59. The van der Waals surface area contributed by atoms with Gasteiger partial charge in [0.05, 0.1) is 18.4 Å². The molecule has 0 radical (unpaired) electrons. The standard InChI is InChI=1S/C14H19F3N2O3S/c1-10(2)8-19(23(3,21)22)9-13(20)18-12-6-4-5-11(7-12)14(15,16)17/h4-7,10H,8-9H2,1-3H3,(H,18,20). The molecule has 1 amide bonds. The number of carbonyl (C=O) groups is 1. The van der Waals surface area contributed by atoms with Crippen LogP contribution in [-0.2, 0) is 21.0 Å². The first kappa shape index (κ1) is 19.4. The molecular weight excluding hydrogens is 333 g/mol. The van der Waals surface area contributed by atoms with E-state index in [1.54, 1.807) is 13.8 Å². The second kappa shape index (κ2) is 7.31. The average Bonchev–Trinajstić information content (AvgIpc) is 2.35. The molecule has 1 aromatic rings. The molecule has 0 atom stereocenters. The van der Waals surface area contributed by atoms with E-state index in [0.29, 0.717) is 0 Å². The van der Waals surface area contributed by atoms with Crippen LogP contribution in [0.3, 0.4) is 0 Å². The molecule has 0 aliphatic carbocycles. The average molecular weight is 352 g/mol. The molecule has 130 valence electrons. The largest absolute Gasteiger partial charge is 0.416 e. The molecule has 9 heteroatoms. The van der Waals surface area contributed by atoms with Crippen molar-refractivity contribution in [3.05, 3.63) is 29.8 Å². The van der Waals surface area contributed by atoms with E-state index >= 15 is 0 Å². The highest BCUT2D eigenvalue weighted by atomic mass is 32.2. The van der Waals surface area contributed by atoms with Crippen LogP contribution < -0.4 is 5.32 Å². The summed E-state index contributed by atoms with van der Waals surface area (Å²) in [5.41, 5.74) is -0.930. The molecule has 0 aromatic heterocycles. The summed E-state index contributed by atoms with van der Waals surface area (Å²) < 4.78 is 62.1. The second-order valence-electron chi connectivity index (χ2n) is 5.58. The van der Waals surface area contributed by atoms with Crippen molar-refractivity contribution in [3.63, 3.8) is 0 Å². The number of hydrogen-bond donors (Lipinski definition) is 1. The summed E-state index contributed by atoms with van der Waals surface area (Å²) in [5, 5.41) is 2.29. The smallest absolute Gasteiger partial charge is 0.325 e. The first-order chi connectivity index (χ1) is 10.4. The minimum Gasteiger partial charge on any atom is -0.325 e. The zero-order chi connectivity index (χ0) is 17.8. The molecule has 1 aromatic carbocycles. The Morgan fingerprint density at radius 1 is 1.30 bits per heavy atom. The second-order valence-corrected chi connectivity index (χ2v) is 7.56. The van der Waals surface area contributed by atoms with Crippen molar-refractivity contribution < 1.29 is 26.4 Å². The van der Waals surface area contributed by atoms with E-state index in [2.05, 4.69) is 5.32 Å². The van der Waals surface area contributed by atoms with Gasteiger partial charge in [-0.3, -0.25) is 4.79 Å². The van der Waals surface area contributed by atoms with Gasteiger partial charge in [0, 0.05) is 12.2 Å². The molecule has 0 heterocycles. The number of halogens is 3. The van der Waals surface area contributed by atoms with Crippen LogP contribution in [0.25, 0.3) is 0 Å².